The highest BCUT2D eigenvalue weighted by molar-refractivity contribution is 5.94. The van der Waals surface area contributed by atoms with E-state index in [0.29, 0.717) is 0 Å². The van der Waals surface area contributed by atoms with Crippen molar-refractivity contribution in [1.82, 2.24) is 9.80 Å². The van der Waals surface area contributed by atoms with Crippen LogP contribution in [0, 0.1) is 10.1 Å². The molecule has 1 aliphatic heterocycles. The number of piperazine rings is 1. The summed E-state index contributed by atoms with van der Waals surface area (Å²) in [4.78, 5) is 27.7. The van der Waals surface area contributed by atoms with E-state index >= 15 is 0 Å². The predicted octanol–water partition coefficient (Wildman–Crippen LogP) is 3.94. The average Bonchev–Trinajstić information content (AvgIpc) is 2.82. The van der Waals surface area contributed by atoms with E-state index in [1.807, 2.05) is 12.1 Å². The summed E-state index contributed by atoms with van der Waals surface area (Å²) < 4.78 is 0. The second-order valence-corrected chi connectivity index (χ2v) is 7.86. The van der Waals surface area contributed by atoms with Gasteiger partial charge in [0.05, 0.1) is 17.5 Å². The maximum atomic E-state index is 12.5. The zero-order valence-corrected chi connectivity index (χ0v) is 17.8. The number of nitrogens with zero attached hydrogens (tertiary/aromatic N) is 3. The number of nitro groups is 1. The number of amides is 1. The van der Waals surface area contributed by atoms with Gasteiger partial charge < -0.3 is 5.32 Å². The van der Waals surface area contributed by atoms with Gasteiger partial charge in [-0.2, -0.15) is 0 Å². The molecular weight excluding hydrogens is 404 g/mol. The number of rotatable bonds is 7. The molecule has 7 nitrogen and oxygen atoms in total. The van der Waals surface area contributed by atoms with Crippen molar-refractivity contribution in [2.24, 2.45) is 0 Å². The average molecular weight is 431 g/mol. The third-order valence-corrected chi connectivity index (χ3v) is 5.74. The van der Waals surface area contributed by atoms with Gasteiger partial charge >= 0.3 is 0 Å². The van der Waals surface area contributed by atoms with Crippen molar-refractivity contribution in [3.8, 4) is 0 Å². The molecule has 0 saturated carbocycles. The molecule has 0 bridgehead atoms. The van der Waals surface area contributed by atoms with E-state index in [0.717, 1.165) is 26.2 Å². The zero-order chi connectivity index (χ0) is 22.3. The van der Waals surface area contributed by atoms with Gasteiger partial charge in [-0.05, 0) is 17.2 Å². The number of anilines is 1. The molecule has 3 aromatic carbocycles. The van der Waals surface area contributed by atoms with Crippen molar-refractivity contribution in [1.29, 1.82) is 0 Å². The maximum Gasteiger partial charge on any atom is 0.292 e. The van der Waals surface area contributed by atoms with Crippen LogP contribution in [0.4, 0.5) is 11.4 Å². The molecule has 1 fully saturated rings. The lowest BCUT2D eigenvalue weighted by Gasteiger charge is -2.39. The van der Waals surface area contributed by atoms with Crippen LogP contribution in [-0.4, -0.2) is 53.4 Å². The van der Waals surface area contributed by atoms with Crippen LogP contribution in [0.5, 0.6) is 0 Å². The third-order valence-electron chi connectivity index (χ3n) is 5.74. The molecule has 7 heteroatoms. The van der Waals surface area contributed by atoms with Gasteiger partial charge in [-0.25, -0.2) is 0 Å². The topological polar surface area (TPSA) is 78.7 Å². The van der Waals surface area contributed by atoms with Gasteiger partial charge in [0.1, 0.15) is 5.69 Å². The Morgan fingerprint density at radius 3 is 1.94 bits per heavy atom. The zero-order valence-electron chi connectivity index (χ0n) is 17.8. The number of benzene rings is 3. The van der Waals surface area contributed by atoms with Gasteiger partial charge in [-0.1, -0.05) is 72.8 Å². The number of carbonyl (C=O) groups is 1. The first-order valence-corrected chi connectivity index (χ1v) is 10.7. The second-order valence-electron chi connectivity index (χ2n) is 7.86. The first kappa shape index (κ1) is 21.7. The van der Waals surface area contributed by atoms with Gasteiger partial charge in [-0.3, -0.25) is 24.7 Å². The Balaban J connectivity index is 1.39. The lowest BCUT2D eigenvalue weighted by molar-refractivity contribution is -0.383. The lowest BCUT2D eigenvalue weighted by Crippen LogP contribution is -2.49. The molecule has 3 aromatic rings. The number of hydrogen-bond donors (Lipinski definition) is 1. The number of hydrogen-bond acceptors (Lipinski definition) is 5. The molecule has 1 amide bonds. The van der Waals surface area contributed by atoms with Crippen molar-refractivity contribution in [3.63, 3.8) is 0 Å². The minimum atomic E-state index is -0.484. The summed E-state index contributed by atoms with van der Waals surface area (Å²) in [5.41, 5.74) is 2.64. The molecule has 164 valence electrons. The first-order chi connectivity index (χ1) is 15.6. The van der Waals surface area contributed by atoms with Gasteiger partial charge in [0.2, 0.25) is 5.91 Å². The molecule has 0 atom stereocenters. The molecule has 32 heavy (non-hydrogen) atoms. The first-order valence-electron chi connectivity index (χ1n) is 10.7. The third kappa shape index (κ3) is 5.19. The van der Waals surface area contributed by atoms with Crippen LogP contribution in [0.1, 0.15) is 17.2 Å². The normalized spacial score (nSPS) is 14.9. The summed E-state index contributed by atoms with van der Waals surface area (Å²) in [5.74, 6) is -0.240. The van der Waals surface area contributed by atoms with Gasteiger partial charge in [0, 0.05) is 32.2 Å². The summed E-state index contributed by atoms with van der Waals surface area (Å²) in [6.45, 7) is 3.36. The minimum absolute atomic E-state index is 0.0979. The molecule has 1 aliphatic rings. The molecule has 0 unspecified atom stereocenters. The highest BCUT2D eigenvalue weighted by Gasteiger charge is 2.27. The Morgan fingerprint density at radius 1 is 0.844 bits per heavy atom. The summed E-state index contributed by atoms with van der Waals surface area (Å²) in [5, 5.41) is 13.9. The highest BCUT2D eigenvalue weighted by Crippen LogP contribution is 2.29. The van der Waals surface area contributed by atoms with Crippen LogP contribution in [0.2, 0.25) is 0 Å². The van der Waals surface area contributed by atoms with E-state index in [-0.39, 0.29) is 29.9 Å². The molecule has 0 spiro atoms. The van der Waals surface area contributed by atoms with E-state index in [2.05, 4.69) is 63.6 Å². The lowest BCUT2D eigenvalue weighted by atomic mass is 9.96. The predicted molar refractivity (Wildman–Crippen MR) is 124 cm³/mol. The van der Waals surface area contributed by atoms with Gasteiger partial charge in [0.25, 0.3) is 5.69 Å². The fraction of sp³-hybridized carbons (Fsp3) is 0.240. The summed E-state index contributed by atoms with van der Waals surface area (Å²) in [6, 6.07) is 27.3. The Kier molecular flexibility index (Phi) is 6.89. The van der Waals surface area contributed by atoms with Crippen molar-refractivity contribution < 1.29 is 9.72 Å². The highest BCUT2D eigenvalue weighted by atomic mass is 16.6. The standard InChI is InChI=1S/C25H26N4O3/c30-24(26-22-13-7-8-14-23(22)29(31)32)19-27-15-17-28(18-16-27)25(20-9-3-1-4-10-20)21-11-5-2-6-12-21/h1-14,25H,15-19H2,(H,26,30). The van der Waals surface area contributed by atoms with Crippen molar-refractivity contribution in [3.05, 3.63) is 106 Å². The number of para-hydroxylation sites is 2. The Morgan fingerprint density at radius 2 is 1.38 bits per heavy atom. The quantitative estimate of drug-likeness (QED) is 0.454. The molecule has 1 N–H and O–H groups in total. The van der Waals surface area contributed by atoms with Crippen LogP contribution in [0.15, 0.2) is 84.9 Å². The van der Waals surface area contributed by atoms with Crippen molar-refractivity contribution in [2.75, 3.05) is 38.0 Å². The summed E-state index contributed by atoms with van der Waals surface area (Å²) in [7, 11) is 0. The van der Waals surface area contributed by atoms with E-state index in [1.54, 1.807) is 18.2 Å². The number of nitro benzene ring substituents is 1. The number of nitrogens with one attached hydrogen (secondary N) is 1. The molecular formula is C25H26N4O3. The molecule has 0 aliphatic carbocycles. The van der Waals surface area contributed by atoms with E-state index in [9.17, 15) is 14.9 Å². The maximum absolute atomic E-state index is 12.5. The van der Waals surface area contributed by atoms with E-state index in [4.69, 9.17) is 0 Å². The van der Waals surface area contributed by atoms with Gasteiger partial charge in [-0.15, -0.1) is 0 Å². The summed E-state index contributed by atoms with van der Waals surface area (Å²) >= 11 is 0. The smallest absolute Gasteiger partial charge is 0.292 e. The Labute approximate surface area is 187 Å². The van der Waals surface area contributed by atoms with Crippen LogP contribution in [-0.2, 0) is 4.79 Å². The molecule has 1 heterocycles. The van der Waals surface area contributed by atoms with Crippen LogP contribution in [0.25, 0.3) is 0 Å². The molecule has 0 aromatic heterocycles. The Bertz CT molecular complexity index is 1010. The van der Waals surface area contributed by atoms with E-state index < -0.39 is 4.92 Å². The van der Waals surface area contributed by atoms with Crippen LogP contribution < -0.4 is 5.32 Å². The number of carbonyl (C=O) groups excluding carboxylic acids is 1. The molecule has 0 radical (unpaired) electrons. The van der Waals surface area contributed by atoms with E-state index in [1.165, 1.54) is 17.2 Å². The van der Waals surface area contributed by atoms with Crippen molar-refractivity contribution >= 4 is 17.3 Å². The van der Waals surface area contributed by atoms with Crippen molar-refractivity contribution in [2.45, 2.75) is 6.04 Å². The van der Waals surface area contributed by atoms with Crippen LogP contribution >= 0.6 is 0 Å². The molecule has 1 saturated heterocycles. The SMILES string of the molecule is O=C(CN1CCN(C(c2ccccc2)c2ccccc2)CC1)Nc1ccccc1[N+](=O)[O-]. The monoisotopic (exact) mass is 430 g/mol. The fourth-order valence-electron chi connectivity index (χ4n) is 4.20. The molecule has 4 rings (SSSR count). The van der Waals surface area contributed by atoms with Gasteiger partial charge in [0.15, 0.2) is 0 Å². The fourth-order valence-corrected chi connectivity index (χ4v) is 4.20. The minimum Gasteiger partial charge on any atom is -0.319 e. The largest absolute Gasteiger partial charge is 0.319 e. The van der Waals surface area contributed by atoms with Crippen LogP contribution in [0.3, 0.4) is 0 Å². The second kappa shape index (κ2) is 10.2. The summed E-state index contributed by atoms with van der Waals surface area (Å²) in [6.07, 6.45) is 0. The Hall–Kier alpha value is -3.55.